The SMILES string of the molecule is CC(C)c1ccccc1NC(=O)NC[C@@H](C(C)C)N1CCN(C)CC1. The number of urea groups is 1. The number of nitrogens with zero attached hydrogens (tertiary/aromatic N) is 2. The smallest absolute Gasteiger partial charge is 0.319 e. The molecule has 0 saturated carbocycles. The van der Waals surface area contributed by atoms with Crippen molar-refractivity contribution < 1.29 is 4.79 Å². The normalized spacial score (nSPS) is 17.7. The molecule has 1 atom stereocenters. The Balaban J connectivity index is 1.91. The van der Waals surface area contributed by atoms with E-state index in [0.29, 0.717) is 24.4 Å². The molecule has 5 heteroatoms. The fourth-order valence-electron chi connectivity index (χ4n) is 3.42. The maximum Gasteiger partial charge on any atom is 0.319 e. The minimum atomic E-state index is -0.118. The molecule has 0 unspecified atom stereocenters. The number of likely N-dealkylation sites (N-methyl/N-ethyl adjacent to an activating group) is 1. The number of anilines is 1. The Kier molecular flexibility index (Phi) is 7.26. The van der Waals surface area contributed by atoms with Crippen LogP contribution in [0.5, 0.6) is 0 Å². The molecule has 1 saturated heterocycles. The van der Waals surface area contributed by atoms with Gasteiger partial charge in [0.2, 0.25) is 0 Å². The Morgan fingerprint density at radius 2 is 1.72 bits per heavy atom. The fourth-order valence-corrected chi connectivity index (χ4v) is 3.42. The van der Waals surface area contributed by atoms with Crippen LogP contribution in [0.2, 0.25) is 0 Å². The number of rotatable bonds is 6. The lowest BCUT2D eigenvalue weighted by Crippen LogP contribution is -2.54. The molecule has 0 spiro atoms. The number of benzene rings is 1. The Morgan fingerprint density at radius 1 is 1.08 bits per heavy atom. The zero-order chi connectivity index (χ0) is 18.4. The molecule has 0 bridgehead atoms. The molecule has 0 aliphatic carbocycles. The van der Waals surface area contributed by atoms with Crippen molar-refractivity contribution in [3.8, 4) is 0 Å². The van der Waals surface area contributed by atoms with Crippen LogP contribution in [0.3, 0.4) is 0 Å². The van der Waals surface area contributed by atoms with Gasteiger partial charge in [0.15, 0.2) is 0 Å². The average molecular weight is 347 g/mol. The van der Waals surface area contributed by atoms with Gasteiger partial charge in [-0.1, -0.05) is 45.9 Å². The van der Waals surface area contributed by atoms with Gasteiger partial charge in [0, 0.05) is 44.5 Å². The van der Waals surface area contributed by atoms with E-state index in [-0.39, 0.29) is 6.03 Å². The van der Waals surface area contributed by atoms with Crippen LogP contribution >= 0.6 is 0 Å². The Labute approximate surface area is 152 Å². The van der Waals surface area contributed by atoms with Gasteiger partial charge in [-0.3, -0.25) is 4.90 Å². The number of carbonyl (C=O) groups is 1. The summed E-state index contributed by atoms with van der Waals surface area (Å²) in [7, 11) is 2.17. The highest BCUT2D eigenvalue weighted by Gasteiger charge is 2.25. The van der Waals surface area contributed by atoms with E-state index in [1.165, 1.54) is 0 Å². The lowest BCUT2D eigenvalue weighted by atomic mass is 10.0. The van der Waals surface area contributed by atoms with Crippen molar-refractivity contribution in [2.75, 3.05) is 45.1 Å². The molecule has 0 radical (unpaired) electrons. The number of para-hydroxylation sites is 1. The van der Waals surface area contributed by atoms with E-state index in [0.717, 1.165) is 37.4 Å². The van der Waals surface area contributed by atoms with E-state index in [2.05, 4.69) is 61.2 Å². The summed E-state index contributed by atoms with van der Waals surface area (Å²) in [6.45, 7) is 13.7. The molecule has 1 aliphatic heterocycles. The topological polar surface area (TPSA) is 47.6 Å². The summed E-state index contributed by atoms with van der Waals surface area (Å²) in [5.74, 6) is 0.886. The van der Waals surface area contributed by atoms with Crippen molar-refractivity contribution >= 4 is 11.7 Å². The van der Waals surface area contributed by atoms with Crippen LogP contribution < -0.4 is 10.6 Å². The molecule has 2 rings (SSSR count). The van der Waals surface area contributed by atoms with Gasteiger partial charge >= 0.3 is 6.03 Å². The maximum absolute atomic E-state index is 12.4. The largest absolute Gasteiger partial charge is 0.336 e. The van der Waals surface area contributed by atoms with E-state index in [1.807, 2.05) is 18.2 Å². The zero-order valence-electron chi connectivity index (χ0n) is 16.4. The zero-order valence-corrected chi connectivity index (χ0v) is 16.4. The fraction of sp³-hybridized carbons (Fsp3) is 0.650. The standard InChI is InChI=1S/C20H34N4O/c1-15(2)17-8-6-7-9-18(17)22-20(25)21-14-19(16(3)4)24-12-10-23(5)11-13-24/h6-9,15-16,19H,10-14H2,1-5H3,(H2,21,22,25)/t19-/m0/s1. The van der Waals surface area contributed by atoms with Crippen LogP contribution in [0.1, 0.15) is 39.2 Å². The Morgan fingerprint density at radius 3 is 2.32 bits per heavy atom. The van der Waals surface area contributed by atoms with Crippen molar-refractivity contribution in [1.29, 1.82) is 0 Å². The van der Waals surface area contributed by atoms with Gasteiger partial charge in [0.1, 0.15) is 0 Å². The number of amides is 2. The Bertz CT molecular complexity index is 550. The molecule has 1 heterocycles. The highest BCUT2D eigenvalue weighted by atomic mass is 16.2. The van der Waals surface area contributed by atoms with E-state index >= 15 is 0 Å². The van der Waals surface area contributed by atoms with Crippen molar-refractivity contribution in [3.63, 3.8) is 0 Å². The van der Waals surface area contributed by atoms with Gasteiger partial charge in [0.25, 0.3) is 0 Å². The summed E-state index contributed by atoms with van der Waals surface area (Å²) in [6, 6.07) is 8.27. The summed E-state index contributed by atoms with van der Waals surface area (Å²) in [5.41, 5.74) is 2.06. The molecule has 1 aliphatic rings. The quantitative estimate of drug-likeness (QED) is 0.831. The predicted octanol–water partition coefficient (Wildman–Crippen LogP) is 3.20. The summed E-state index contributed by atoms with van der Waals surface area (Å²) in [6.07, 6.45) is 0. The first-order chi connectivity index (χ1) is 11.9. The van der Waals surface area contributed by atoms with Gasteiger partial charge in [-0.05, 0) is 30.5 Å². The summed E-state index contributed by atoms with van der Waals surface area (Å²) in [5, 5.41) is 6.10. The van der Waals surface area contributed by atoms with Crippen molar-refractivity contribution in [2.24, 2.45) is 5.92 Å². The first-order valence-corrected chi connectivity index (χ1v) is 9.45. The van der Waals surface area contributed by atoms with Crippen LogP contribution in [-0.4, -0.2) is 61.6 Å². The van der Waals surface area contributed by atoms with Gasteiger partial charge in [-0.2, -0.15) is 0 Å². The number of hydrogen-bond donors (Lipinski definition) is 2. The van der Waals surface area contributed by atoms with Crippen molar-refractivity contribution in [2.45, 2.75) is 39.7 Å². The number of piperazine rings is 1. The number of nitrogens with one attached hydrogen (secondary N) is 2. The van der Waals surface area contributed by atoms with Crippen LogP contribution in [0.15, 0.2) is 24.3 Å². The number of hydrogen-bond acceptors (Lipinski definition) is 3. The van der Waals surface area contributed by atoms with E-state index in [1.54, 1.807) is 0 Å². The molecule has 0 aromatic heterocycles. The molecular formula is C20H34N4O. The van der Waals surface area contributed by atoms with Crippen LogP contribution in [0.4, 0.5) is 10.5 Å². The second-order valence-electron chi connectivity index (χ2n) is 7.73. The van der Waals surface area contributed by atoms with Crippen LogP contribution in [-0.2, 0) is 0 Å². The third-order valence-corrected chi connectivity index (χ3v) is 5.08. The molecule has 5 nitrogen and oxygen atoms in total. The second-order valence-corrected chi connectivity index (χ2v) is 7.73. The summed E-state index contributed by atoms with van der Waals surface area (Å²) >= 11 is 0. The second kappa shape index (κ2) is 9.20. The average Bonchev–Trinajstić information content (AvgIpc) is 2.56. The summed E-state index contributed by atoms with van der Waals surface area (Å²) in [4.78, 5) is 17.3. The first kappa shape index (κ1) is 19.7. The lowest BCUT2D eigenvalue weighted by Gasteiger charge is -2.39. The predicted molar refractivity (Wildman–Crippen MR) is 105 cm³/mol. The van der Waals surface area contributed by atoms with E-state index in [4.69, 9.17) is 0 Å². The molecule has 2 N–H and O–H groups in total. The molecule has 25 heavy (non-hydrogen) atoms. The Hall–Kier alpha value is -1.59. The third kappa shape index (κ3) is 5.72. The van der Waals surface area contributed by atoms with E-state index in [9.17, 15) is 4.79 Å². The molecule has 2 amide bonds. The van der Waals surface area contributed by atoms with E-state index < -0.39 is 0 Å². The van der Waals surface area contributed by atoms with Crippen molar-refractivity contribution in [1.82, 2.24) is 15.1 Å². The van der Waals surface area contributed by atoms with Crippen LogP contribution in [0.25, 0.3) is 0 Å². The lowest BCUT2D eigenvalue weighted by molar-refractivity contribution is 0.0890. The first-order valence-electron chi connectivity index (χ1n) is 9.45. The monoisotopic (exact) mass is 346 g/mol. The van der Waals surface area contributed by atoms with Crippen LogP contribution in [0, 0.1) is 5.92 Å². The number of carbonyl (C=O) groups excluding carboxylic acids is 1. The van der Waals surface area contributed by atoms with Gasteiger partial charge in [-0.25, -0.2) is 4.79 Å². The molecule has 140 valence electrons. The van der Waals surface area contributed by atoms with Gasteiger partial charge in [-0.15, -0.1) is 0 Å². The molecule has 1 aromatic carbocycles. The highest BCUT2D eigenvalue weighted by molar-refractivity contribution is 5.90. The minimum Gasteiger partial charge on any atom is -0.336 e. The molecule has 1 aromatic rings. The van der Waals surface area contributed by atoms with Gasteiger partial charge in [0.05, 0.1) is 0 Å². The molecular weight excluding hydrogens is 312 g/mol. The summed E-state index contributed by atoms with van der Waals surface area (Å²) < 4.78 is 0. The highest BCUT2D eigenvalue weighted by Crippen LogP contribution is 2.23. The maximum atomic E-state index is 12.4. The third-order valence-electron chi connectivity index (χ3n) is 5.08. The van der Waals surface area contributed by atoms with Gasteiger partial charge < -0.3 is 15.5 Å². The van der Waals surface area contributed by atoms with Crippen molar-refractivity contribution in [3.05, 3.63) is 29.8 Å². The minimum absolute atomic E-state index is 0.118. The molecule has 1 fully saturated rings.